The number of Topliss-reactive ketones (excluding diaryl/α,β-unsaturated/α-hetero) is 1. The van der Waals surface area contributed by atoms with E-state index in [9.17, 15) is 4.79 Å². The van der Waals surface area contributed by atoms with Crippen molar-refractivity contribution >= 4 is 5.78 Å². The highest BCUT2D eigenvalue weighted by atomic mass is 16.5. The smallest absolute Gasteiger partial charge is 0.171 e. The van der Waals surface area contributed by atoms with Crippen molar-refractivity contribution in [3.8, 4) is 0 Å². The Balaban J connectivity index is 2.81. The molecule has 1 fully saturated rings. The third kappa shape index (κ3) is 2.94. The molecule has 106 valence electrons. The summed E-state index contributed by atoms with van der Waals surface area (Å²) < 4.78 is 5.93. The van der Waals surface area contributed by atoms with Gasteiger partial charge in [0.2, 0.25) is 0 Å². The van der Waals surface area contributed by atoms with Crippen LogP contribution in [-0.2, 0) is 9.53 Å². The van der Waals surface area contributed by atoms with E-state index in [2.05, 4.69) is 32.7 Å². The fraction of sp³-hybridized carbons (Fsp3) is 0.933. The maximum Gasteiger partial charge on any atom is 0.171 e. The molecule has 3 nitrogen and oxygen atoms in total. The van der Waals surface area contributed by atoms with Crippen molar-refractivity contribution in [2.45, 2.75) is 65.7 Å². The van der Waals surface area contributed by atoms with E-state index >= 15 is 0 Å². The summed E-state index contributed by atoms with van der Waals surface area (Å²) >= 11 is 0. The zero-order valence-electron chi connectivity index (χ0n) is 13.2. The van der Waals surface area contributed by atoms with E-state index in [1.54, 1.807) is 0 Å². The lowest BCUT2D eigenvalue weighted by Crippen LogP contribution is -2.44. The molecule has 0 N–H and O–H groups in total. The van der Waals surface area contributed by atoms with Crippen LogP contribution in [0.25, 0.3) is 0 Å². The monoisotopic (exact) mass is 255 g/mol. The van der Waals surface area contributed by atoms with Gasteiger partial charge >= 0.3 is 0 Å². The topological polar surface area (TPSA) is 29.5 Å². The van der Waals surface area contributed by atoms with E-state index in [4.69, 9.17) is 4.74 Å². The van der Waals surface area contributed by atoms with Crippen molar-refractivity contribution in [2.75, 3.05) is 13.6 Å². The van der Waals surface area contributed by atoms with Crippen LogP contribution in [0.5, 0.6) is 0 Å². The maximum atomic E-state index is 12.4. The molecule has 0 radical (unpaired) electrons. The van der Waals surface area contributed by atoms with Crippen molar-refractivity contribution < 1.29 is 9.53 Å². The number of ether oxygens (including phenoxy) is 1. The number of hydrogen-bond donors (Lipinski definition) is 0. The fourth-order valence-corrected chi connectivity index (χ4v) is 2.78. The predicted molar refractivity (Wildman–Crippen MR) is 74.7 cm³/mol. The summed E-state index contributed by atoms with van der Waals surface area (Å²) in [4.78, 5) is 14.7. The molecule has 2 unspecified atom stereocenters. The molecule has 1 aliphatic heterocycles. The Morgan fingerprint density at radius 2 is 1.72 bits per heavy atom. The molecule has 1 heterocycles. The van der Waals surface area contributed by atoms with Gasteiger partial charge in [-0.3, -0.25) is 4.79 Å². The van der Waals surface area contributed by atoms with Gasteiger partial charge in [-0.25, -0.2) is 0 Å². The lowest BCUT2D eigenvalue weighted by Gasteiger charge is -2.33. The number of hydrogen-bond acceptors (Lipinski definition) is 3. The van der Waals surface area contributed by atoms with Crippen LogP contribution in [-0.4, -0.2) is 41.5 Å². The minimum Gasteiger partial charge on any atom is -0.361 e. The van der Waals surface area contributed by atoms with Gasteiger partial charge in [-0.2, -0.15) is 0 Å². The lowest BCUT2D eigenvalue weighted by molar-refractivity contribution is -0.132. The van der Waals surface area contributed by atoms with Crippen molar-refractivity contribution in [1.82, 2.24) is 4.90 Å². The highest BCUT2D eigenvalue weighted by Gasteiger charge is 2.53. The number of rotatable bonds is 4. The average molecular weight is 255 g/mol. The molecular formula is C15H29NO2. The number of ketones is 1. The Hall–Kier alpha value is -0.410. The first-order valence-electron chi connectivity index (χ1n) is 6.93. The van der Waals surface area contributed by atoms with E-state index in [1.165, 1.54) is 0 Å². The van der Waals surface area contributed by atoms with Crippen LogP contribution < -0.4 is 0 Å². The molecular weight excluding hydrogens is 226 g/mol. The molecule has 3 heteroatoms. The number of carbonyl (C=O) groups is 1. The predicted octanol–water partition coefficient (Wildman–Crippen LogP) is 2.74. The largest absolute Gasteiger partial charge is 0.361 e. The molecule has 2 atom stereocenters. The second-order valence-corrected chi connectivity index (χ2v) is 7.06. The molecule has 0 aromatic carbocycles. The minimum absolute atomic E-state index is 0.0429. The second-order valence-electron chi connectivity index (χ2n) is 7.06. The Morgan fingerprint density at radius 3 is 2.06 bits per heavy atom. The SMILES string of the molecule is CC(C)C(C)N(C)CC1C(=O)C(C)(C)OC1(C)C. The normalized spacial score (nSPS) is 28.1. The third-order valence-corrected chi connectivity index (χ3v) is 4.40. The highest BCUT2D eigenvalue weighted by Crippen LogP contribution is 2.39. The molecule has 0 bridgehead atoms. The summed E-state index contributed by atoms with van der Waals surface area (Å²) in [7, 11) is 2.10. The Kier molecular flexibility index (Phi) is 4.29. The van der Waals surface area contributed by atoms with E-state index < -0.39 is 5.60 Å². The van der Waals surface area contributed by atoms with Gasteiger partial charge in [0.25, 0.3) is 0 Å². The summed E-state index contributed by atoms with van der Waals surface area (Å²) in [6, 6.07) is 0.470. The molecule has 0 aliphatic carbocycles. The molecule has 0 aromatic heterocycles. The first kappa shape index (κ1) is 15.6. The molecule has 18 heavy (non-hydrogen) atoms. The van der Waals surface area contributed by atoms with E-state index in [0.29, 0.717) is 12.0 Å². The van der Waals surface area contributed by atoms with Gasteiger partial charge in [-0.15, -0.1) is 0 Å². The van der Waals surface area contributed by atoms with Crippen molar-refractivity contribution in [1.29, 1.82) is 0 Å². The van der Waals surface area contributed by atoms with Gasteiger partial charge in [0.15, 0.2) is 5.78 Å². The maximum absolute atomic E-state index is 12.4. The quantitative estimate of drug-likeness (QED) is 0.773. The van der Waals surface area contributed by atoms with Gasteiger partial charge < -0.3 is 9.64 Å². The summed E-state index contributed by atoms with van der Waals surface area (Å²) in [5.74, 6) is 0.776. The lowest BCUT2D eigenvalue weighted by atomic mass is 9.85. The fourth-order valence-electron chi connectivity index (χ4n) is 2.78. The van der Waals surface area contributed by atoms with E-state index in [0.717, 1.165) is 6.54 Å². The molecule has 1 rings (SSSR count). The van der Waals surface area contributed by atoms with Gasteiger partial charge in [0.1, 0.15) is 5.60 Å². The standard InChI is InChI=1S/C15H29NO2/c1-10(2)11(3)16(8)9-12-13(17)15(6,7)18-14(12,4)5/h10-12H,9H2,1-8H3. The first-order valence-corrected chi connectivity index (χ1v) is 6.93. The molecule has 0 spiro atoms. The zero-order valence-corrected chi connectivity index (χ0v) is 13.2. The Bertz CT molecular complexity index is 320. The van der Waals surface area contributed by atoms with Gasteiger partial charge in [-0.1, -0.05) is 13.8 Å². The van der Waals surface area contributed by atoms with Crippen LogP contribution in [0.15, 0.2) is 0 Å². The molecule has 0 aromatic rings. The van der Waals surface area contributed by atoms with Gasteiger partial charge in [0, 0.05) is 12.6 Å². The Morgan fingerprint density at radius 1 is 1.22 bits per heavy atom. The second kappa shape index (κ2) is 4.93. The van der Waals surface area contributed by atoms with Gasteiger partial charge in [0.05, 0.1) is 11.5 Å². The van der Waals surface area contributed by atoms with Gasteiger partial charge in [-0.05, 0) is 47.6 Å². The van der Waals surface area contributed by atoms with Crippen molar-refractivity contribution in [2.24, 2.45) is 11.8 Å². The van der Waals surface area contributed by atoms with Crippen LogP contribution in [0.3, 0.4) is 0 Å². The number of carbonyl (C=O) groups excluding carboxylic acids is 1. The highest BCUT2D eigenvalue weighted by molar-refractivity contribution is 5.91. The third-order valence-electron chi connectivity index (χ3n) is 4.40. The number of nitrogens with zero attached hydrogens (tertiary/aromatic N) is 1. The van der Waals surface area contributed by atoms with Crippen molar-refractivity contribution in [3.05, 3.63) is 0 Å². The Labute approximate surface area is 112 Å². The summed E-state index contributed by atoms with van der Waals surface area (Å²) in [6.45, 7) is 15.2. The van der Waals surface area contributed by atoms with Crippen LogP contribution in [0.2, 0.25) is 0 Å². The molecule has 1 saturated heterocycles. The van der Waals surface area contributed by atoms with Crippen LogP contribution >= 0.6 is 0 Å². The van der Waals surface area contributed by atoms with Crippen LogP contribution in [0.4, 0.5) is 0 Å². The van der Waals surface area contributed by atoms with Crippen LogP contribution in [0.1, 0.15) is 48.5 Å². The molecule has 0 amide bonds. The summed E-state index contributed by atoms with van der Waals surface area (Å²) in [6.07, 6.45) is 0. The van der Waals surface area contributed by atoms with Crippen LogP contribution in [0, 0.1) is 11.8 Å². The molecule has 0 saturated carbocycles. The molecule has 1 aliphatic rings. The van der Waals surface area contributed by atoms with E-state index in [1.807, 2.05) is 27.7 Å². The average Bonchev–Trinajstić information content (AvgIpc) is 2.35. The summed E-state index contributed by atoms with van der Waals surface area (Å²) in [5, 5.41) is 0. The zero-order chi connectivity index (χ0) is 14.3. The minimum atomic E-state index is -0.643. The summed E-state index contributed by atoms with van der Waals surface area (Å²) in [5.41, 5.74) is -1.01. The van der Waals surface area contributed by atoms with E-state index in [-0.39, 0.29) is 17.3 Å². The first-order chi connectivity index (χ1) is 7.99. The van der Waals surface area contributed by atoms with Crippen molar-refractivity contribution in [3.63, 3.8) is 0 Å².